The molecule has 0 fully saturated rings. The molecule has 290 valence electrons. The molecule has 0 radical (unpaired) electrons. The van der Waals surface area contributed by atoms with Crippen LogP contribution in [0.1, 0.15) is 0 Å². The number of hydrogen-bond acceptors (Lipinski definition) is 3. The highest BCUT2D eigenvalue weighted by Crippen LogP contribution is 2.45. The molecule has 2 aromatic heterocycles. The Bertz CT molecular complexity index is 3680. The maximum absolute atomic E-state index is 6.56. The van der Waals surface area contributed by atoms with E-state index in [1.54, 1.807) is 0 Å². The highest BCUT2D eigenvalue weighted by molar-refractivity contribution is 7.28. The predicted octanol–water partition coefficient (Wildman–Crippen LogP) is 13.6. The van der Waals surface area contributed by atoms with E-state index in [0.29, 0.717) is 0 Å². The van der Waals surface area contributed by atoms with Crippen molar-refractivity contribution < 1.29 is 4.42 Å². The molecule has 0 amide bonds. The van der Waals surface area contributed by atoms with Crippen LogP contribution in [0.25, 0.3) is 75.1 Å². The lowest BCUT2D eigenvalue weighted by Crippen LogP contribution is -2.72. The first-order chi connectivity index (χ1) is 30.7. The van der Waals surface area contributed by atoms with Crippen molar-refractivity contribution in [2.45, 2.75) is 0 Å². The Labute approximate surface area is 364 Å². The van der Waals surface area contributed by atoms with E-state index in [1.165, 1.54) is 73.9 Å². The van der Waals surface area contributed by atoms with E-state index in [0.717, 1.165) is 39.0 Å². The van der Waals surface area contributed by atoms with Crippen LogP contribution in [0.2, 0.25) is 0 Å². The van der Waals surface area contributed by atoms with Gasteiger partial charge in [-0.05, 0) is 108 Å². The molecule has 1 aliphatic heterocycles. The van der Waals surface area contributed by atoms with E-state index >= 15 is 0 Å². The van der Waals surface area contributed by atoms with Crippen molar-refractivity contribution in [1.29, 1.82) is 0 Å². The summed E-state index contributed by atoms with van der Waals surface area (Å²) in [5.41, 5.74) is 10.1. The molecular formula is C58H37NOSSi. The molecule has 0 aliphatic carbocycles. The van der Waals surface area contributed by atoms with Crippen molar-refractivity contribution in [3.8, 4) is 22.3 Å². The standard InChI is InChI=1S/C58H37NOSSi/c1-3-18-45(19-4-1)62(46-20-5-2-6-21-46)55-33-32-50-49-23-10-12-25-54(49)61-58(50)57(55)51-31-29-44(37-56(51)62)59(43-28-30-48-47-22-9-11-24-52(47)60-53(48)36-43)42-17-13-16-40(35-42)41-27-26-38-14-7-8-15-39(38)34-41/h1-37H. The van der Waals surface area contributed by atoms with Crippen LogP contribution in [-0.4, -0.2) is 8.07 Å². The lowest BCUT2D eigenvalue weighted by atomic mass is 10.00. The Morgan fingerprint density at radius 1 is 0.387 bits per heavy atom. The van der Waals surface area contributed by atoms with Crippen LogP contribution < -0.4 is 25.6 Å². The number of furan rings is 1. The zero-order chi connectivity index (χ0) is 40.8. The summed E-state index contributed by atoms with van der Waals surface area (Å²) in [7, 11) is -2.87. The summed E-state index contributed by atoms with van der Waals surface area (Å²) in [6.45, 7) is 0. The second-order valence-corrected chi connectivity index (χ2v) is 21.2. The SMILES string of the molecule is c1ccc([Si]2(c3ccccc3)c3cc(N(c4cccc(-c5ccc6ccccc6c5)c4)c4ccc5c(c4)oc4ccccc45)ccc3-c3c2ccc2c3sc3ccccc32)cc1. The van der Waals surface area contributed by atoms with Gasteiger partial charge in [0.1, 0.15) is 11.2 Å². The van der Waals surface area contributed by atoms with Gasteiger partial charge in [0, 0.05) is 54.1 Å². The van der Waals surface area contributed by atoms with Crippen molar-refractivity contribution in [3.05, 3.63) is 224 Å². The van der Waals surface area contributed by atoms with Crippen molar-refractivity contribution in [3.63, 3.8) is 0 Å². The first-order valence-corrected chi connectivity index (χ1v) is 24.1. The molecule has 0 saturated heterocycles. The lowest BCUT2D eigenvalue weighted by Gasteiger charge is -2.33. The topological polar surface area (TPSA) is 16.4 Å². The Morgan fingerprint density at radius 3 is 1.87 bits per heavy atom. The summed E-state index contributed by atoms with van der Waals surface area (Å²) in [4.78, 5) is 2.44. The van der Waals surface area contributed by atoms with Gasteiger partial charge in [-0.25, -0.2) is 0 Å². The van der Waals surface area contributed by atoms with Gasteiger partial charge in [0.25, 0.3) is 0 Å². The van der Waals surface area contributed by atoms with Gasteiger partial charge in [0.05, 0.1) is 0 Å². The van der Waals surface area contributed by atoms with Crippen LogP contribution in [0, 0.1) is 0 Å². The van der Waals surface area contributed by atoms with Gasteiger partial charge in [-0.1, -0.05) is 164 Å². The second kappa shape index (κ2) is 13.8. The lowest BCUT2D eigenvalue weighted by molar-refractivity contribution is 0.669. The molecule has 0 unspecified atom stereocenters. The Morgan fingerprint density at radius 2 is 1.03 bits per heavy atom. The Hall–Kier alpha value is -7.50. The number of thiophene rings is 1. The molecule has 10 aromatic carbocycles. The maximum Gasteiger partial charge on any atom is 0.181 e. The summed E-state index contributed by atoms with van der Waals surface area (Å²) in [5, 5.41) is 13.0. The molecule has 13 rings (SSSR count). The van der Waals surface area contributed by atoms with Gasteiger partial charge >= 0.3 is 0 Å². The largest absolute Gasteiger partial charge is 0.456 e. The fourth-order valence-electron chi connectivity index (χ4n) is 10.4. The van der Waals surface area contributed by atoms with Crippen LogP contribution >= 0.6 is 11.3 Å². The molecule has 0 saturated carbocycles. The van der Waals surface area contributed by atoms with Crippen LogP contribution in [0.3, 0.4) is 0 Å². The molecule has 62 heavy (non-hydrogen) atoms. The van der Waals surface area contributed by atoms with Crippen molar-refractivity contribution >= 4 is 110 Å². The first kappa shape index (κ1) is 35.3. The number of anilines is 3. The number of hydrogen-bond donors (Lipinski definition) is 0. The van der Waals surface area contributed by atoms with E-state index in [-0.39, 0.29) is 0 Å². The van der Waals surface area contributed by atoms with Crippen molar-refractivity contribution in [2.24, 2.45) is 0 Å². The van der Waals surface area contributed by atoms with E-state index in [1.807, 2.05) is 17.4 Å². The van der Waals surface area contributed by atoms with Gasteiger partial charge in [-0.2, -0.15) is 0 Å². The summed E-state index contributed by atoms with van der Waals surface area (Å²) in [6, 6.07) is 83.2. The molecule has 3 heterocycles. The molecule has 0 bridgehead atoms. The van der Waals surface area contributed by atoms with Gasteiger partial charge in [-0.15, -0.1) is 11.3 Å². The van der Waals surface area contributed by atoms with Crippen LogP contribution in [0.4, 0.5) is 17.1 Å². The first-order valence-electron chi connectivity index (χ1n) is 21.2. The van der Waals surface area contributed by atoms with Crippen LogP contribution in [-0.2, 0) is 0 Å². The molecule has 0 spiro atoms. The van der Waals surface area contributed by atoms with Crippen LogP contribution in [0.5, 0.6) is 0 Å². The average molecular weight is 824 g/mol. The molecule has 12 aromatic rings. The summed E-state index contributed by atoms with van der Waals surface area (Å²) < 4.78 is 9.26. The van der Waals surface area contributed by atoms with Crippen LogP contribution in [0.15, 0.2) is 229 Å². The van der Waals surface area contributed by atoms with E-state index in [4.69, 9.17) is 4.42 Å². The fraction of sp³-hybridized carbons (Fsp3) is 0. The van der Waals surface area contributed by atoms with Gasteiger partial charge in [0.15, 0.2) is 8.07 Å². The summed E-state index contributed by atoms with van der Waals surface area (Å²) in [5.74, 6) is 0. The maximum atomic E-state index is 6.56. The average Bonchev–Trinajstić information content (AvgIpc) is 4.00. The van der Waals surface area contributed by atoms with Gasteiger partial charge in [-0.3, -0.25) is 0 Å². The minimum Gasteiger partial charge on any atom is -0.456 e. The number of benzene rings is 10. The molecule has 2 nitrogen and oxygen atoms in total. The predicted molar refractivity (Wildman–Crippen MR) is 267 cm³/mol. The Kier molecular flexibility index (Phi) is 7.83. The zero-order valence-electron chi connectivity index (χ0n) is 33.6. The minimum absolute atomic E-state index is 0.873. The van der Waals surface area contributed by atoms with Crippen molar-refractivity contribution in [1.82, 2.24) is 0 Å². The van der Waals surface area contributed by atoms with E-state index in [2.05, 4.69) is 223 Å². The zero-order valence-corrected chi connectivity index (χ0v) is 35.4. The molecule has 0 atom stereocenters. The second-order valence-electron chi connectivity index (χ2n) is 16.4. The normalized spacial score (nSPS) is 13.0. The van der Waals surface area contributed by atoms with E-state index < -0.39 is 8.07 Å². The van der Waals surface area contributed by atoms with Crippen molar-refractivity contribution in [2.75, 3.05) is 4.90 Å². The highest BCUT2D eigenvalue weighted by atomic mass is 32.1. The third-order valence-electron chi connectivity index (χ3n) is 13.1. The number of fused-ring (bicyclic) bond motifs is 11. The monoisotopic (exact) mass is 823 g/mol. The molecular weight excluding hydrogens is 787 g/mol. The Balaban J connectivity index is 1.09. The smallest absolute Gasteiger partial charge is 0.181 e. The van der Waals surface area contributed by atoms with Gasteiger partial charge < -0.3 is 9.32 Å². The summed E-state index contributed by atoms with van der Waals surface area (Å²) >= 11 is 1.93. The van der Waals surface area contributed by atoms with E-state index in [9.17, 15) is 0 Å². The number of nitrogens with zero attached hydrogens (tertiary/aromatic N) is 1. The molecule has 1 aliphatic rings. The van der Waals surface area contributed by atoms with Gasteiger partial charge in [0.2, 0.25) is 0 Å². The third-order valence-corrected chi connectivity index (χ3v) is 19.2. The number of para-hydroxylation sites is 1. The highest BCUT2D eigenvalue weighted by Gasteiger charge is 2.49. The molecule has 0 N–H and O–H groups in total. The minimum atomic E-state index is -2.87. The fourth-order valence-corrected chi connectivity index (χ4v) is 16.9. The quantitative estimate of drug-likeness (QED) is 0.155. The third kappa shape index (κ3) is 5.21. The summed E-state index contributed by atoms with van der Waals surface area (Å²) in [6.07, 6.45) is 0. The number of rotatable bonds is 6. The molecule has 4 heteroatoms.